The number of nitrogens with one attached hydrogen (secondary N) is 2. The smallest absolute Gasteiger partial charge is 0.399 e. The van der Waals surface area contributed by atoms with Crippen LogP contribution in [0.4, 0.5) is 52.6 Å². The van der Waals surface area contributed by atoms with Crippen LogP contribution in [0.25, 0.3) is 0 Å². The molecule has 0 heterocycles. The summed E-state index contributed by atoms with van der Waals surface area (Å²) in [5.41, 5.74) is -1.34. The normalized spacial score (nSPS) is 12.6. The molecule has 0 aromatic heterocycles. The summed E-state index contributed by atoms with van der Waals surface area (Å²) in [5, 5.41) is 4.74. The zero-order chi connectivity index (χ0) is 22.2. The molecule has 0 spiro atoms. The SMILES string of the molecule is Cc1cc(C(F)(C(F)(F)F)C(F)(F)F)cc(C)c1NC(=O)Nc1cccc(N)c1. The fourth-order valence-corrected chi connectivity index (χ4v) is 2.74. The number of nitrogens with two attached hydrogens (primary N) is 1. The van der Waals surface area contributed by atoms with Crippen molar-refractivity contribution >= 4 is 23.1 Å². The minimum atomic E-state index is -6.22. The van der Waals surface area contributed by atoms with E-state index in [0.29, 0.717) is 23.5 Å². The van der Waals surface area contributed by atoms with Gasteiger partial charge in [-0.15, -0.1) is 0 Å². The second-order valence-electron chi connectivity index (χ2n) is 6.34. The number of rotatable bonds is 3. The van der Waals surface area contributed by atoms with E-state index in [2.05, 4.69) is 10.6 Å². The molecule has 0 aliphatic heterocycles. The summed E-state index contributed by atoms with van der Waals surface area (Å²) in [5.74, 6) is 0. The lowest BCUT2D eigenvalue weighted by molar-refractivity contribution is -0.348. The molecule has 2 amide bonds. The average molecular weight is 423 g/mol. The van der Waals surface area contributed by atoms with Gasteiger partial charge in [0.25, 0.3) is 0 Å². The molecular weight excluding hydrogens is 407 g/mol. The number of nitrogen functional groups attached to an aromatic ring is 1. The van der Waals surface area contributed by atoms with Crippen LogP contribution in [0.3, 0.4) is 0 Å². The Morgan fingerprint density at radius 1 is 0.862 bits per heavy atom. The number of urea groups is 1. The van der Waals surface area contributed by atoms with Gasteiger partial charge < -0.3 is 16.4 Å². The molecule has 0 aliphatic carbocycles. The number of hydrogen-bond acceptors (Lipinski definition) is 2. The minimum absolute atomic E-state index is 0.0538. The molecule has 0 radical (unpaired) electrons. The van der Waals surface area contributed by atoms with Gasteiger partial charge in [0.05, 0.1) is 0 Å². The van der Waals surface area contributed by atoms with E-state index >= 15 is 0 Å². The Morgan fingerprint density at radius 3 is 1.83 bits per heavy atom. The molecule has 11 heteroatoms. The Morgan fingerprint density at radius 2 is 1.38 bits per heavy atom. The zero-order valence-electron chi connectivity index (χ0n) is 15.1. The van der Waals surface area contributed by atoms with Gasteiger partial charge in [0.1, 0.15) is 0 Å². The number of hydrogen-bond donors (Lipinski definition) is 3. The van der Waals surface area contributed by atoms with Gasteiger partial charge in [-0.3, -0.25) is 0 Å². The highest BCUT2D eigenvalue weighted by molar-refractivity contribution is 6.01. The minimum Gasteiger partial charge on any atom is -0.399 e. The molecule has 0 fully saturated rings. The molecule has 4 nitrogen and oxygen atoms in total. The largest absolute Gasteiger partial charge is 0.435 e. The Hall–Kier alpha value is -2.98. The molecule has 2 aromatic carbocycles. The topological polar surface area (TPSA) is 67.2 Å². The van der Waals surface area contributed by atoms with Gasteiger partial charge in [-0.05, 0) is 43.2 Å². The first-order valence-corrected chi connectivity index (χ1v) is 8.04. The Bertz CT molecular complexity index is 885. The molecule has 29 heavy (non-hydrogen) atoms. The molecule has 2 rings (SSSR count). The van der Waals surface area contributed by atoms with E-state index in [4.69, 9.17) is 5.73 Å². The standard InChI is InChI=1S/C18H16F7N3O/c1-9-6-11(16(19,17(20,21)22)18(23,24)25)7-10(2)14(9)28-15(29)27-13-5-3-4-12(26)8-13/h3-8H,26H2,1-2H3,(H2,27,28,29). The molecule has 4 N–H and O–H groups in total. The van der Waals surface area contributed by atoms with Crippen LogP contribution in [-0.2, 0) is 5.67 Å². The molecule has 0 saturated heterocycles. The van der Waals surface area contributed by atoms with Crippen LogP contribution in [0.2, 0.25) is 0 Å². The van der Waals surface area contributed by atoms with Crippen molar-refractivity contribution in [2.24, 2.45) is 0 Å². The third kappa shape index (κ3) is 4.38. The number of benzene rings is 2. The maximum atomic E-state index is 14.3. The number of anilines is 3. The van der Waals surface area contributed by atoms with Gasteiger partial charge in [0.2, 0.25) is 0 Å². The summed E-state index contributed by atoms with van der Waals surface area (Å²) in [6.07, 6.45) is -12.4. The van der Waals surface area contributed by atoms with E-state index in [9.17, 15) is 35.5 Å². The molecule has 0 saturated carbocycles. The number of carbonyl (C=O) groups excluding carboxylic acids is 1. The lowest BCUT2D eigenvalue weighted by Crippen LogP contribution is -2.50. The fraction of sp³-hybridized carbons (Fsp3) is 0.278. The summed E-state index contributed by atoms with van der Waals surface area (Å²) in [6.45, 7) is 2.31. The lowest BCUT2D eigenvalue weighted by atomic mass is 9.90. The van der Waals surface area contributed by atoms with Gasteiger partial charge in [-0.1, -0.05) is 18.2 Å². The lowest BCUT2D eigenvalue weighted by Gasteiger charge is -2.31. The van der Waals surface area contributed by atoms with Gasteiger partial charge in [0, 0.05) is 22.6 Å². The van der Waals surface area contributed by atoms with E-state index in [1.165, 1.54) is 12.1 Å². The number of amides is 2. The second kappa shape index (κ2) is 7.45. The predicted molar refractivity (Wildman–Crippen MR) is 94.3 cm³/mol. The molecule has 158 valence electrons. The summed E-state index contributed by atoms with van der Waals surface area (Å²) in [6, 6.07) is 6.09. The van der Waals surface area contributed by atoms with Crippen LogP contribution in [0.15, 0.2) is 36.4 Å². The fourth-order valence-electron chi connectivity index (χ4n) is 2.74. The van der Waals surface area contributed by atoms with E-state index < -0.39 is 29.6 Å². The third-order valence-electron chi connectivity index (χ3n) is 4.09. The summed E-state index contributed by atoms with van der Waals surface area (Å²) < 4.78 is 92.0. The van der Waals surface area contributed by atoms with Crippen LogP contribution < -0.4 is 16.4 Å². The Labute approximate surface area is 160 Å². The average Bonchev–Trinajstić information content (AvgIpc) is 2.55. The molecule has 0 atom stereocenters. The second-order valence-corrected chi connectivity index (χ2v) is 6.34. The monoisotopic (exact) mass is 423 g/mol. The third-order valence-corrected chi connectivity index (χ3v) is 4.09. The molecule has 0 bridgehead atoms. The maximum Gasteiger partial charge on any atom is 0.435 e. The summed E-state index contributed by atoms with van der Waals surface area (Å²) >= 11 is 0. The van der Waals surface area contributed by atoms with Crippen molar-refractivity contribution in [2.45, 2.75) is 31.9 Å². The highest BCUT2D eigenvalue weighted by Gasteiger charge is 2.73. The zero-order valence-corrected chi connectivity index (χ0v) is 15.1. The van der Waals surface area contributed by atoms with Crippen molar-refractivity contribution < 1.29 is 35.5 Å². The number of carbonyl (C=O) groups is 1. The van der Waals surface area contributed by atoms with Gasteiger partial charge >= 0.3 is 24.1 Å². The quantitative estimate of drug-likeness (QED) is 0.430. The molecule has 0 unspecified atom stereocenters. The highest BCUT2D eigenvalue weighted by atomic mass is 19.4. The number of halogens is 7. The van der Waals surface area contributed by atoms with Crippen molar-refractivity contribution in [1.29, 1.82) is 0 Å². The number of aryl methyl sites for hydroxylation is 2. The highest BCUT2D eigenvalue weighted by Crippen LogP contribution is 2.53. The number of alkyl halides is 7. The van der Waals surface area contributed by atoms with Gasteiger partial charge in [-0.2, -0.15) is 26.3 Å². The van der Waals surface area contributed by atoms with E-state index in [-0.39, 0.29) is 16.8 Å². The first-order valence-electron chi connectivity index (χ1n) is 8.04. The van der Waals surface area contributed by atoms with E-state index in [0.717, 1.165) is 13.8 Å². The van der Waals surface area contributed by atoms with Crippen molar-refractivity contribution in [3.05, 3.63) is 53.1 Å². The first-order chi connectivity index (χ1) is 13.2. The van der Waals surface area contributed by atoms with Crippen LogP contribution in [0.5, 0.6) is 0 Å². The van der Waals surface area contributed by atoms with E-state index in [1.807, 2.05) is 0 Å². The van der Waals surface area contributed by atoms with Gasteiger partial charge in [-0.25, -0.2) is 9.18 Å². The summed E-state index contributed by atoms with van der Waals surface area (Å²) in [7, 11) is 0. The van der Waals surface area contributed by atoms with E-state index in [1.54, 1.807) is 12.1 Å². The van der Waals surface area contributed by atoms with Crippen molar-refractivity contribution in [3.63, 3.8) is 0 Å². The van der Waals surface area contributed by atoms with Crippen molar-refractivity contribution in [2.75, 3.05) is 16.4 Å². The van der Waals surface area contributed by atoms with Crippen LogP contribution >= 0.6 is 0 Å². The van der Waals surface area contributed by atoms with Crippen molar-refractivity contribution in [3.8, 4) is 0 Å². The van der Waals surface area contributed by atoms with Crippen molar-refractivity contribution in [1.82, 2.24) is 0 Å². The Balaban J connectivity index is 2.37. The molecule has 0 aliphatic rings. The summed E-state index contributed by atoms with van der Waals surface area (Å²) in [4.78, 5) is 12.1. The maximum absolute atomic E-state index is 14.3. The Kier molecular flexibility index (Phi) is 5.73. The first kappa shape index (κ1) is 22.3. The van der Waals surface area contributed by atoms with Crippen LogP contribution in [-0.4, -0.2) is 18.4 Å². The van der Waals surface area contributed by atoms with Crippen LogP contribution in [0, 0.1) is 13.8 Å². The van der Waals surface area contributed by atoms with Gasteiger partial charge in [0.15, 0.2) is 0 Å². The predicted octanol–water partition coefficient (Wildman–Crippen LogP) is 5.82. The van der Waals surface area contributed by atoms with Crippen LogP contribution in [0.1, 0.15) is 16.7 Å². The molecular formula is C18H16F7N3O. The molecule has 2 aromatic rings.